The van der Waals surface area contributed by atoms with E-state index in [9.17, 15) is 4.79 Å². The Morgan fingerprint density at radius 2 is 2.38 bits per heavy atom. The number of methoxy groups -OCH3 is 1. The van der Waals surface area contributed by atoms with Gasteiger partial charge >= 0.3 is 0 Å². The number of carbonyl (C=O) groups excluding carboxylic acids is 1. The number of halogens is 1. The van der Waals surface area contributed by atoms with E-state index in [1.165, 1.54) is 19.5 Å². The number of nitriles is 1. The van der Waals surface area contributed by atoms with Gasteiger partial charge in [-0.15, -0.1) is 0 Å². The number of carbonyl (C=O) groups is 1. The number of aromatic nitrogens is 1. The summed E-state index contributed by atoms with van der Waals surface area (Å²) in [6.45, 7) is 0. The quantitative estimate of drug-likeness (QED) is 0.670. The minimum Gasteiger partial charge on any atom is -0.494 e. The standard InChI is InChI=1S/C8H5ClN2O2/c1-13-6-4-11-3-5(2-10)7(6)8(9)12/h3-4H,1H3. The minimum absolute atomic E-state index is 0.0571. The van der Waals surface area contributed by atoms with Gasteiger partial charge in [-0.05, 0) is 11.6 Å². The number of pyridine rings is 1. The molecule has 0 aliphatic heterocycles. The number of hydrogen-bond acceptors (Lipinski definition) is 4. The summed E-state index contributed by atoms with van der Waals surface area (Å²) in [6.07, 6.45) is 2.59. The zero-order valence-corrected chi connectivity index (χ0v) is 7.50. The lowest BCUT2D eigenvalue weighted by atomic mass is 10.1. The molecule has 1 heterocycles. The van der Waals surface area contributed by atoms with Crippen molar-refractivity contribution >= 4 is 16.8 Å². The van der Waals surface area contributed by atoms with Crippen molar-refractivity contribution in [2.24, 2.45) is 0 Å². The van der Waals surface area contributed by atoms with Crippen molar-refractivity contribution in [2.45, 2.75) is 0 Å². The summed E-state index contributed by atoms with van der Waals surface area (Å²) >= 11 is 5.27. The molecule has 0 fully saturated rings. The van der Waals surface area contributed by atoms with Crippen LogP contribution in [-0.2, 0) is 0 Å². The van der Waals surface area contributed by atoms with Gasteiger partial charge < -0.3 is 4.74 Å². The normalized spacial score (nSPS) is 9.00. The van der Waals surface area contributed by atoms with Gasteiger partial charge in [0.05, 0.1) is 24.4 Å². The van der Waals surface area contributed by atoms with Crippen LogP contribution >= 0.6 is 11.6 Å². The van der Waals surface area contributed by atoms with E-state index < -0.39 is 5.24 Å². The van der Waals surface area contributed by atoms with E-state index in [0.717, 1.165) is 0 Å². The fourth-order valence-electron chi connectivity index (χ4n) is 0.884. The number of nitrogens with zero attached hydrogens (tertiary/aromatic N) is 2. The van der Waals surface area contributed by atoms with Crippen molar-refractivity contribution in [1.29, 1.82) is 5.26 Å². The first kappa shape index (κ1) is 9.49. The molecule has 0 saturated carbocycles. The third-order valence-corrected chi connectivity index (χ3v) is 1.64. The van der Waals surface area contributed by atoms with E-state index in [4.69, 9.17) is 21.6 Å². The summed E-state index contributed by atoms with van der Waals surface area (Å²) in [5.41, 5.74) is 0.168. The Bertz CT molecular complexity index is 384. The van der Waals surface area contributed by atoms with Crippen molar-refractivity contribution in [3.05, 3.63) is 23.5 Å². The van der Waals surface area contributed by atoms with Crippen LogP contribution in [0.2, 0.25) is 0 Å². The van der Waals surface area contributed by atoms with Gasteiger partial charge in [-0.1, -0.05) is 0 Å². The second-order valence-electron chi connectivity index (χ2n) is 2.15. The highest BCUT2D eigenvalue weighted by Gasteiger charge is 2.15. The summed E-state index contributed by atoms with van der Waals surface area (Å²) in [5.74, 6) is 0.207. The van der Waals surface area contributed by atoms with E-state index in [-0.39, 0.29) is 16.9 Å². The fourth-order valence-corrected chi connectivity index (χ4v) is 1.08. The molecular formula is C8H5ClN2O2. The SMILES string of the molecule is COc1cncc(C#N)c1C(=O)Cl. The predicted molar refractivity (Wildman–Crippen MR) is 45.7 cm³/mol. The molecule has 0 spiro atoms. The largest absolute Gasteiger partial charge is 0.494 e. The number of rotatable bonds is 2. The maximum atomic E-state index is 10.9. The average Bonchev–Trinajstić information content (AvgIpc) is 2.16. The first-order chi connectivity index (χ1) is 6.20. The van der Waals surface area contributed by atoms with Gasteiger partial charge in [0.2, 0.25) is 0 Å². The minimum atomic E-state index is -0.726. The third kappa shape index (κ3) is 1.76. The maximum absolute atomic E-state index is 10.9. The van der Waals surface area contributed by atoms with Gasteiger partial charge in [-0.25, -0.2) is 0 Å². The van der Waals surface area contributed by atoms with Crippen molar-refractivity contribution in [2.75, 3.05) is 7.11 Å². The van der Waals surface area contributed by atoms with E-state index in [1.807, 2.05) is 0 Å². The lowest BCUT2D eigenvalue weighted by molar-refractivity contribution is 0.107. The number of hydrogen-bond donors (Lipinski definition) is 0. The monoisotopic (exact) mass is 196 g/mol. The Morgan fingerprint density at radius 3 is 2.85 bits per heavy atom. The Kier molecular flexibility index (Phi) is 2.83. The fraction of sp³-hybridized carbons (Fsp3) is 0.125. The Morgan fingerprint density at radius 1 is 1.69 bits per heavy atom. The van der Waals surface area contributed by atoms with Gasteiger partial charge in [0.15, 0.2) is 5.75 Å². The van der Waals surface area contributed by atoms with Crippen molar-refractivity contribution in [1.82, 2.24) is 4.98 Å². The van der Waals surface area contributed by atoms with Crippen molar-refractivity contribution < 1.29 is 9.53 Å². The summed E-state index contributed by atoms with van der Waals surface area (Å²) in [6, 6.07) is 1.80. The lowest BCUT2D eigenvalue weighted by Crippen LogP contribution is -2.00. The molecule has 0 amide bonds. The summed E-state index contributed by atoms with van der Waals surface area (Å²) in [4.78, 5) is 14.6. The first-order valence-electron chi connectivity index (χ1n) is 3.32. The van der Waals surface area contributed by atoms with Crippen LogP contribution in [0.15, 0.2) is 12.4 Å². The average molecular weight is 197 g/mol. The van der Waals surface area contributed by atoms with Crippen molar-refractivity contribution in [3.8, 4) is 11.8 Å². The molecule has 13 heavy (non-hydrogen) atoms. The predicted octanol–water partition coefficient (Wildman–Crippen LogP) is 1.34. The van der Waals surface area contributed by atoms with Crippen molar-refractivity contribution in [3.63, 3.8) is 0 Å². The van der Waals surface area contributed by atoms with E-state index in [0.29, 0.717) is 0 Å². The zero-order chi connectivity index (χ0) is 9.84. The van der Waals surface area contributed by atoms with Gasteiger partial charge in [0.1, 0.15) is 6.07 Å². The smallest absolute Gasteiger partial charge is 0.257 e. The summed E-state index contributed by atoms with van der Waals surface area (Å²) in [5, 5.41) is 7.90. The second kappa shape index (κ2) is 3.87. The molecular weight excluding hydrogens is 192 g/mol. The van der Waals surface area contributed by atoms with E-state index in [2.05, 4.69) is 4.98 Å². The molecule has 0 aromatic carbocycles. The Balaban J connectivity index is 3.41. The van der Waals surface area contributed by atoms with Crippen LogP contribution in [0, 0.1) is 11.3 Å². The van der Waals surface area contributed by atoms with E-state index in [1.54, 1.807) is 6.07 Å². The molecule has 1 rings (SSSR count). The third-order valence-electron chi connectivity index (χ3n) is 1.45. The zero-order valence-electron chi connectivity index (χ0n) is 6.74. The van der Waals surface area contributed by atoms with Crippen LogP contribution in [0.1, 0.15) is 15.9 Å². The molecule has 4 nitrogen and oxygen atoms in total. The van der Waals surface area contributed by atoms with Crippen LogP contribution < -0.4 is 4.74 Å². The molecule has 0 saturated heterocycles. The molecule has 0 bridgehead atoms. The highest BCUT2D eigenvalue weighted by atomic mass is 35.5. The summed E-state index contributed by atoms with van der Waals surface area (Å²) in [7, 11) is 1.38. The van der Waals surface area contributed by atoms with Gasteiger partial charge in [0, 0.05) is 6.20 Å². The Labute approximate surface area is 79.7 Å². The molecule has 0 atom stereocenters. The number of ether oxygens (including phenoxy) is 1. The van der Waals surface area contributed by atoms with Gasteiger partial charge in [-0.2, -0.15) is 5.26 Å². The molecule has 0 aliphatic rings. The highest BCUT2D eigenvalue weighted by Crippen LogP contribution is 2.21. The second-order valence-corrected chi connectivity index (χ2v) is 2.49. The molecule has 0 radical (unpaired) electrons. The molecule has 0 aliphatic carbocycles. The van der Waals surface area contributed by atoms with Crippen LogP contribution in [0.5, 0.6) is 5.75 Å². The molecule has 66 valence electrons. The van der Waals surface area contributed by atoms with Crippen LogP contribution in [0.3, 0.4) is 0 Å². The first-order valence-corrected chi connectivity index (χ1v) is 3.70. The molecule has 5 heteroatoms. The van der Waals surface area contributed by atoms with Gasteiger partial charge in [0.25, 0.3) is 5.24 Å². The van der Waals surface area contributed by atoms with Crippen LogP contribution in [0.4, 0.5) is 0 Å². The van der Waals surface area contributed by atoms with Gasteiger partial charge in [-0.3, -0.25) is 9.78 Å². The maximum Gasteiger partial charge on any atom is 0.257 e. The lowest BCUT2D eigenvalue weighted by Gasteiger charge is -2.03. The Hall–Kier alpha value is -1.60. The molecule has 1 aromatic rings. The van der Waals surface area contributed by atoms with Crippen LogP contribution in [0.25, 0.3) is 0 Å². The summed E-state index contributed by atoms with van der Waals surface area (Å²) < 4.78 is 4.83. The molecule has 0 unspecified atom stereocenters. The molecule has 1 aromatic heterocycles. The highest BCUT2D eigenvalue weighted by molar-refractivity contribution is 6.68. The molecule has 0 N–H and O–H groups in total. The van der Waals surface area contributed by atoms with Crippen LogP contribution in [-0.4, -0.2) is 17.3 Å². The van der Waals surface area contributed by atoms with E-state index >= 15 is 0 Å². The topological polar surface area (TPSA) is 63.0 Å².